The van der Waals surface area contributed by atoms with E-state index in [0.717, 1.165) is 23.4 Å². The van der Waals surface area contributed by atoms with Crippen LogP contribution >= 0.6 is 11.6 Å². The van der Waals surface area contributed by atoms with E-state index >= 15 is 0 Å². The van der Waals surface area contributed by atoms with Crippen LogP contribution in [-0.4, -0.2) is 23.2 Å². The van der Waals surface area contributed by atoms with Gasteiger partial charge in [-0.3, -0.25) is 0 Å². The van der Waals surface area contributed by atoms with Gasteiger partial charge in [0.1, 0.15) is 5.60 Å². The third kappa shape index (κ3) is 3.07. The number of H-pyrrole nitrogens is 1. The quantitative estimate of drug-likeness (QED) is 0.882. The zero-order chi connectivity index (χ0) is 16.0. The van der Waals surface area contributed by atoms with Crippen LogP contribution in [0.15, 0.2) is 24.4 Å². The van der Waals surface area contributed by atoms with Gasteiger partial charge in [-0.15, -0.1) is 0 Å². The molecule has 1 fully saturated rings. The van der Waals surface area contributed by atoms with Crippen molar-refractivity contribution < 1.29 is 9.53 Å². The summed E-state index contributed by atoms with van der Waals surface area (Å²) < 4.78 is 5.31. The van der Waals surface area contributed by atoms with E-state index in [-0.39, 0.29) is 11.5 Å². The molecular weight excluding hydrogens is 300 g/mol. The Hall–Kier alpha value is -1.68. The lowest BCUT2D eigenvalue weighted by molar-refractivity contribution is 0.0522. The van der Waals surface area contributed by atoms with Gasteiger partial charge in [0.25, 0.3) is 0 Å². The molecule has 0 unspecified atom stereocenters. The molecule has 1 aliphatic rings. The fourth-order valence-electron chi connectivity index (χ4n) is 2.78. The van der Waals surface area contributed by atoms with Gasteiger partial charge in [0.2, 0.25) is 0 Å². The van der Waals surface area contributed by atoms with Crippen LogP contribution < -0.4 is 5.32 Å². The van der Waals surface area contributed by atoms with Gasteiger partial charge in [-0.1, -0.05) is 17.7 Å². The van der Waals surface area contributed by atoms with E-state index in [0.29, 0.717) is 6.54 Å². The summed E-state index contributed by atoms with van der Waals surface area (Å²) in [6.07, 6.45) is 3.81. The van der Waals surface area contributed by atoms with Crippen molar-refractivity contribution in [2.24, 2.45) is 0 Å². The highest BCUT2D eigenvalue weighted by Crippen LogP contribution is 2.50. The van der Waals surface area contributed by atoms with Gasteiger partial charge < -0.3 is 15.0 Å². The Morgan fingerprint density at radius 1 is 1.41 bits per heavy atom. The number of hydrogen-bond acceptors (Lipinski definition) is 2. The first-order valence-corrected chi connectivity index (χ1v) is 7.91. The molecule has 0 spiro atoms. The van der Waals surface area contributed by atoms with Gasteiger partial charge >= 0.3 is 6.09 Å². The lowest BCUT2D eigenvalue weighted by Crippen LogP contribution is -2.36. The zero-order valence-corrected chi connectivity index (χ0v) is 13.9. The highest BCUT2D eigenvalue weighted by Gasteiger charge is 2.46. The summed E-state index contributed by atoms with van der Waals surface area (Å²) in [7, 11) is 0. The number of amides is 1. The molecule has 4 nitrogen and oxygen atoms in total. The molecular formula is C17H21ClN2O2. The van der Waals surface area contributed by atoms with Crippen LogP contribution in [0.5, 0.6) is 0 Å². The van der Waals surface area contributed by atoms with E-state index in [9.17, 15) is 4.79 Å². The number of alkyl carbamates (subject to hydrolysis) is 1. The van der Waals surface area contributed by atoms with Crippen LogP contribution in [-0.2, 0) is 10.2 Å². The van der Waals surface area contributed by atoms with Crippen molar-refractivity contribution in [2.75, 3.05) is 6.54 Å². The van der Waals surface area contributed by atoms with E-state index < -0.39 is 5.60 Å². The minimum absolute atomic E-state index is 0.0168. The summed E-state index contributed by atoms with van der Waals surface area (Å²) in [6.45, 7) is 6.19. The number of benzene rings is 1. The summed E-state index contributed by atoms with van der Waals surface area (Å²) in [5, 5.41) is 4.80. The van der Waals surface area contributed by atoms with Crippen molar-refractivity contribution in [2.45, 2.75) is 44.6 Å². The van der Waals surface area contributed by atoms with Gasteiger partial charge in [0.15, 0.2) is 0 Å². The molecule has 2 aromatic rings. The maximum absolute atomic E-state index is 11.9. The number of hydrogen-bond donors (Lipinski definition) is 2. The van der Waals surface area contributed by atoms with E-state index in [1.165, 1.54) is 10.9 Å². The minimum atomic E-state index is -0.474. The zero-order valence-electron chi connectivity index (χ0n) is 13.1. The van der Waals surface area contributed by atoms with Crippen LogP contribution in [0.3, 0.4) is 0 Å². The second-order valence-corrected chi connectivity index (χ2v) is 7.46. The predicted molar refractivity (Wildman–Crippen MR) is 88.5 cm³/mol. The van der Waals surface area contributed by atoms with Crippen molar-refractivity contribution >= 4 is 28.6 Å². The minimum Gasteiger partial charge on any atom is -0.444 e. The van der Waals surface area contributed by atoms with E-state index in [1.54, 1.807) is 0 Å². The molecule has 2 N–H and O–H groups in total. The molecule has 0 bridgehead atoms. The van der Waals surface area contributed by atoms with E-state index in [2.05, 4.69) is 10.3 Å². The Morgan fingerprint density at radius 2 is 2.14 bits per heavy atom. The second-order valence-electron chi connectivity index (χ2n) is 7.03. The van der Waals surface area contributed by atoms with Gasteiger partial charge in [-0.05, 0) is 51.3 Å². The maximum Gasteiger partial charge on any atom is 0.407 e. The first-order valence-electron chi connectivity index (χ1n) is 7.53. The predicted octanol–water partition coefficient (Wildman–Crippen LogP) is 4.38. The fourth-order valence-corrected chi connectivity index (χ4v) is 2.96. The number of carbonyl (C=O) groups excluding carboxylic acids is 1. The first kappa shape index (κ1) is 15.2. The van der Waals surface area contributed by atoms with Crippen molar-refractivity contribution in [3.05, 3.63) is 35.0 Å². The summed E-state index contributed by atoms with van der Waals surface area (Å²) >= 11 is 6.03. The van der Waals surface area contributed by atoms with Crippen LogP contribution in [0.4, 0.5) is 4.79 Å². The largest absolute Gasteiger partial charge is 0.444 e. The summed E-state index contributed by atoms with van der Waals surface area (Å²) in [4.78, 5) is 15.1. The third-order valence-corrected chi connectivity index (χ3v) is 4.27. The number of rotatable bonds is 3. The summed E-state index contributed by atoms with van der Waals surface area (Å²) in [5.74, 6) is 0. The molecule has 1 amide bonds. The molecule has 22 heavy (non-hydrogen) atoms. The smallest absolute Gasteiger partial charge is 0.407 e. The van der Waals surface area contributed by atoms with Crippen molar-refractivity contribution in [1.29, 1.82) is 0 Å². The number of carbonyl (C=O) groups is 1. The Bertz CT molecular complexity index is 711. The molecule has 1 heterocycles. The molecule has 0 saturated heterocycles. The molecule has 1 aromatic carbocycles. The standard InChI is InChI=1S/C17H21ClN2O2/c1-16(2,3)22-15(21)20-10-17(6-7-17)13-9-19-14-8-11(18)4-5-12(13)14/h4-5,8-9,19H,6-7,10H2,1-3H3,(H,20,21). The van der Waals surface area contributed by atoms with Gasteiger partial charge in [-0.25, -0.2) is 4.79 Å². The SMILES string of the molecule is CC(C)(C)OC(=O)NCC1(c2c[nH]c3cc(Cl)ccc23)CC1. The lowest BCUT2D eigenvalue weighted by Gasteiger charge is -2.21. The second kappa shape index (κ2) is 5.20. The van der Waals surface area contributed by atoms with Crippen molar-refractivity contribution in [1.82, 2.24) is 10.3 Å². The highest BCUT2D eigenvalue weighted by atomic mass is 35.5. The Kier molecular flexibility index (Phi) is 3.60. The molecule has 5 heteroatoms. The first-order chi connectivity index (χ1) is 10.3. The number of aromatic amines is 1. The number of fused-ring (bicyclic) bond motifs is 1. The Morgan fingerprint density at radius 3 is 2.77 bits per heavy atom. The van der Waals surface area contributed by atoms with Crippen molar-refractivity contribution in [3.63, 3.8) is 0 Å². The molecule has 118 valence electrons. The average Bonchev–Trinajstić information content (AvgIpc) is 3.07. The van der Waals surface area contributed by atoms with Crippen LogP contribution in [0.1, 0.15) is 39.2 Å². The monoisotopic (exact) mass is 320 g/mol. The molecule has 3 rings (SSSR count). The fraction of sp³-hybridized carbons (Fsp3) is 0.471. The van der Waals surface area contributed by atoms with Crippen LogP contribution in [0.2, 0.25) is 5.02 Å². The Balaban J connectivity index is 1.74. The van der Waals surface area contributed by atoms with E-state index in [1.807, 2.05) is 45.2 Å². The number of aromatic nitrogens is 1. The maximum atomic E-state index is 11.9. The normalized spacial score (nSPS) is 16.5. The highest BCUT2D eigenvalue weighted by molar-refractivity contribution is 6.31. The van der Waals surface area contributed by atoms with Gasteiger partial charge in [0.05, 0.1) is 0 Å². The van der Waals surface area contributed by atoms with Gasteiger partial charge in [-0.2, -0.15) is 0 Å². The van der Waals surface area contributed by atoms with Crippen LogP contribution in [0.25, 0.3) is 10.9 Å². The summed E-state index contributed by atoms with van der Waals surface area (Å²) in [5.41, 5.74) is 1.82. The number of nitrogens with one attached hydrogen (secondary N) is 2. The van der Waals surface area contributed by atoms with Crippen LogP contribution in [0, 0.1) is 0 Å². The third-order valence-electron chi connectivity index (χ3n) is 4.04. The Labute approximate surface area is 135 Å². The van der Waals surface area contributed by atoms with E-state index in [4.69, 9.17) is 16.3 Å². The average molecular weight is 321 g/mol. The number of halogens is 1. The lowest BCUT2D eigenvalue weighted by atomic mass is 9.95. The molecule has 1 aliphatic carbocycles. The summed E-state index contributed by atoms with van der Waals surface area (Å²) in [6, 6.07) is 5.87. The molecule has 0 radical (unpaired) electrons. The number of ether oxygens (including phenoxy) is 1. The van der Waals surface area contributed by atoms with Crippen molar-refractivity contribution in [3.8, 4) is 0 Å². The molecule has 1 saturated carbocycles. The molecule has 0 atom stereocenters. The van der Waals surface area contributed by atoms with Gasteiger partial charge in [0, 0.05) is 34.1 Å². The topological polar surface area (TPSA) is 54.1 Å². The molecule has 1 aromatic heterocycles. The molecule has 0 aliphatic heterocycles.